The van der Waals surface area contributed by atoms with Gasteiger partial charge in [-0.25, -0.2) is 0 Å². The minimum absolute atomic E-state index is 0.765. The Hall–Kier alpha value is -1.39. The Morgan fingerprint density at radius 3 is 2.65 bits per heavy atom. The van der Waals surface area contributed by atoms with Crippen molar-refractivity contribution in [2.24, 2.45) is 0 Å². The molecule has 0 aliphatic carbocycles. The van der Waals surface area contributed by atoms with Crippen molar-refractivity contribution in [1.29, 1.82) is 0 Å². The van der Waals surface area contributed by atoms with Crippen molar-refractivity contribution in [3.63, 3.8) is 0 Å². The fraction of sp³-hybridized carbons (Fsp3) is 0.0625. The van der Waals surface area contributed by atoms with E-state index in [2.05, 4.69) is 72.5 Å². The van der Waals surface area contributed by atoms with Gasteiger partial charge in [0.1, 0.15) is 0 Å². The largest absolute Gasteiger partial charge is 0.379 e. The molecule has 3 aromatic rings. The van der Waals surface area contributed by atoms with Gasteiger partial charge in [0.25, 0.3) is 0 Å². The Bertz CT molecular complexity index is 751. The first kappa shape index (κ1) is 13.6. The second kappa shape index (κ2) is 5.94. The lowest BCUT2D eigenvalue weighted by Crippen LogP contribution is -2.00. The maximum atomic E-state index is 4.45. The molecule has 0 saturated carbocycles. The van der Waals surface area contributed by atoms with E-state index in [0.29, 0.717) is 0 Å². The molecule has 0 aliphatic rings. The Labute approximate surface area is 134 Å². The van der Waals surface area contributed by atoms with Crippen LogP contribution in [0.1, 0.15) is 5.56 Å². The molecule has 1 aromatic heterocycles. The van der Waals surface area contributed by atoms with Crippen LogP contribution < -0.4 is 5.32 Å². The van der Waals surface area contributed by atoms with Crippen LogP contribution in [0.4, 0.5) is 5.69 Å². The van der Waals surface area contributed by atoms with Crippen LogP contribution in [0.15, 0.2) is 63.7 Å². The molecule has 100 valence electrons. The topological polar surface area (TPSA) is 24.9 Å². The van der Waals surface area contributed by atoms with Gasteiger partial charge in [0.15, 0.2) is 0 Å². The fourth-order valence-electron chi connectivity index (χ4n) is 2.09. The third-order valence-electron chi connectivity index (χ3n) is 3.10. The fourth-order valence-corrected chi connectivity index (χ4v) is 2.77. The summed E-state index contributed by atoms with van der Waals surface area (Å²) in [6, 6.07) is 16.5. The summed E-state index contributed by atoms with van der Waals surface area (Å²) in [4.78, 5) is 4.45. The van der Waals surface area contributed by atoms with Gasteiger partial charge in [-0.15, -0.1) is 0 Å². The van der Waals surface area contributed by atoms with Gasteiger partial charge in [-0.3, -0.25) is 4.98 Å². The third kappa shape index (κ3) is 2.86. The number of nitrogens with one attached hydrogen (secondary N) is 1. The molecule has 1 heterocycles. The Morgan fingerprint density at radius 2 is 1.80 bits per heavy atom. The monoisotopic (exact) mass is 390 g/mol. The van der Waals surface area contributed by atoms with Crippen molar-refractivity contribution in [3.05, 3.63) is 69.2 Å². The van der Waals surface area contributed by atoms with E-state index < -0.39 is 0 Å². The van der Waals surface area contributed by atoms with Crippen LogP contribution in [0.2, 0.25) is 0 Å². The van der Waals surface area contributed by atoms with Crippen LogP contribution >= 0.6 is 31.9 Å². The van der Waals surface area contributed by atoms with E-state index in [4.69, 9.17) is 0 Å². The molecule has 0 amide bonds. The second-order valence-corrected chi connectivity index (χ2v) is 6.19. The number of anilines is 1. The molecule has 0 bridgehead atoms. The zero-order valence-electron chi connectivity index (χ0n) is 10.6. The van der Waals surface area contributed by atoms with Crippen LogP contribution in [-0.2, 0) is 6.54 Å². The summed E-state index contributed by atoms with van der Waals surface area (Å²) in [6.07, 6.45) is 1.82. The maximum Gasteiger partial charge on any atom is 0.0933 e. The lowest BCUT2D eigenvalue weighted by Gasteiger charge is -2.09. The molecule has 4 heteroatoms. The molecule has 2 nitrogen and oxygen atoms in total. The van der Waals surface area contributed by atoms with Crippen molar-refractivity contribution in [3.8, 4) is 0 Å². The number of nitrogens with zero attached hydrogens (tertiary/aromatic N) is 1. The van der Waals surface area contributed by atoms with E-state index >= 15 is 0 Å². The zero-order valence-corrected chi connectivity index (χ0v) is 13.8. The van der Waals surface area contributed by atoms with E-state index in [0.717, 1.165) is 32.1 Å². The van der Waals surface area contributed by atoms with Gasteiger partial charge >= 0.3 is 0 Å². The highest BCUT2D eigenvalue weighted by atomic mass is 79.9. The van der Waals surface area contributed by atoms with Crippen LogP contribution in [0.3, 0.4) is 0 Å². The van der Waals surface area contributed by atoms with Crippen molar-refractivity contribution in [2.75, 3.05) is 5.32 Å². The standard InChI is InChI=1S/C16H12Br2N2/c17-13-7-6-11(9-14(13)18)10-20-15-5-1-3-12-4-2-8-19-16(12)15/h1-9,20H,10H2. The summed E-state index contributed by atoms with van der Waals surface area (Å²) in [5, 5.41) is 4.60. The van der Waals surface area contributed by atoms with Crippen LogP contribution in [0, 0.1) is 0 Å². The average Bonchev–Trinajstić information content (AvgIpc) is 2.48. The summed E-state index contributed by atoms with van der Waals surface area (Å²) < 4.78 is 2.13. The summed E-state index contributed by atoms with van der Waals surface area (Å²) in [7, 11) is 0. The number of para-hydroxylation sites is 1. The van der Waals surface area contributed by atoms with E-state index in [-0.39, 0.29) is 0 Å². The van der Waals surface area contributed by atoms with Crippen LogP contribution in [-0.4, -0.2) is 4.98 Å². The molecule has 0 unspecified atom stereocenters. The molecule has 3 rings (SSSR count). The minimum atomic E-state index is 0.765. The lowest BCUT2D eigenvalue weighted by molar-refractivity contribution is 1.14. The first-order valence-corrected chi connectivity index (χ1v) is 7.84. The molecular formula is C16H12Br2N2. The quantitative estimate of drug-likeness (QED) is 0.648. The Balaban J connectivity index is 1.85. The highest BCUT2D eigenvalue weighted by molar-refractivity contribution is 9.13. The molecule has 0 spiro atoms. The molecule has 1 N–H and O–H groups in total. The lowest BCUT2D eigenvalue weighted by atomic mass is 10.1. The summed E-state index contributed by atoms with van der Waals surface area (Å²) in [5.74, 6) is 0. The van der Waals surface area contributed by atoms with Crippen LogP contribution in [0.25, 0.3) is 10.9 Å². The maximum absolute atomic E-state index is 4.45. The first-order chi connectivity index (χ1) is 9.74. The Morgan fingerprint density at radius 1 is 0.950 bits per heavy atom. The van der Waals surface area contributed by atoms with E-state index in [1.165, 1.54) is 5.56 Å². The molecule has 2 aromatic carbocycles. The van der Waals surface area contributed by atoms with Crippen LogP contribution in [0.5, 0.6) is 0 Å². The number of aromatic nitrogens is 1. The number of hydrogen-bond donors (Lipinski definition) is 1. The number of hydrogen-bond acceptors (Lipinski definition) is 2. The molecule has 0 aliphatic heterocycles. The van der Waals surface area contributed by atoms with E-state index in [1.807, 2.05) is 24.4 Å². The number of halogens is 2. The molecule has 0 saturated heterocycles. The molecule has 0 fully saturated rings. The second-order valence-electron chi connectivity index (χ2n) is 4.48. The van der Waals surface area contributed by atoms with E-state index in [1.54, 1.807) is 0 Å². The number of benzene rings is 2. The van der Waals surface area contributed by atoms with Crippen molar-refractivity contribution in [1.82, 2.24) is 4.98 Å². The van der Waals surface area contributed by atoms with Gasteiger partial charge < -0.3 is 5.32 Å². The predicted octanol–water partition coefficient (Wildman–Crippen LogP) is 5.37. The van der Waals surface area contributed by atoms with Crippen molar-refractivity contribution < 1.29 is 0 Å². The number of fused-ring (bicyclic) bond motifs is 1. The smallest absolute Gasteiger partial charge is 0.0933 e. The SMILES string of the molecule is Brc1ccc(CNc2cccc3cccnc23)cc1Br. The number of rotatable bonds is 3. The van der Waals surface area contributed by atoms with Gasteiger partial charge in [-0.2, -0.15) is 0 Å². The molecule has 0 atom stereocenters. The summed E-state index contributed by atoms with van der Waals surface area (Å²) >= 11 is 7.01. The number of pyridine rings is 1. The highest BCUT2D eigenvalue weighted by Gasteiger charge is 2.02. The van der Waals surface area contributed by atoms with Gasteiger partial charge in [0, 0.05) is 27.1 Å². The van der Waals surface area contributed by atoms with Crippen molar-refractivity contribution >= 4 is 48.5 Å². The molecule has 20 heavy (non-hydrogen) atoms. The average molecular weight is 392 g/mol. The molecular weight excluding hydrogens is 380 g/mol. The minimum Gasteiger partial charge on any atom is -0.379 e. The summed E-state index contributed by atoms with van der Waals surface area (Å²) in [5.41, 5.74) is 3.28. The van der Waals surface area contributed by atoms with Gasteiger partial charge in [-0.05, 0) is 61.7 Å². The normalized spacial score (nSPS) is 10.7. The Kier molecular flexibility index (Phi) is 4.03. The molecule has 0 radical (unpaired) electrons. The van der Waals surface area contributed by atoms with E-state index in [9.17, 15) is 0 Å². The third-order valence-corrected chi connectivity index (χ3v) is 4.98. The van der Waals surface area contributed by atoms with Gasteiger partial charge in [0.2, 0.25) is 0 Å². The predicted molar refractivity (Wildman–Crippen MR) is 90.9 cm³/mol. The first-order valence-electron chi connectivity index (χ1n) is 6.25. The summed E-state index contributed by atoms with van der Waals surface area (Å²) in [6.45, 7) is 0.765. The van der Waals surface area contributed by atoms with Crippen molar-refractivity contribution in [2.45, 2.75) is 6.54 Å². The van der Waals surface area contributed by atoms with Gasteiger partial charge in [0.05, 0.1) is 11.2 Å². The highest BCUT2D eigenvalue weighted by Crippen LogP contribution is 2.25. The zero-order chi connectivity index (χ0) is 13.9. The van der Waals surface area contributed by atoms with Gasteiger partial charge in [-0.1, -0.05) is 24.3 Å².